The Labute approximate surface area is 153 Å². The van der Waals surface area contributed by atoms with Gasteiger partial charge >= 0.3 is 0 Å². The number of ether oxygens (including phenoxy) is 1. The Kier molecular flexibility index (Phi) is 6.77. The van der Waals surface area contributed by atoms with Crippen molar-refractivity contribution in [3.63, 3.8) is 0 Å². The molecule has 1 saturated heterocycles. The minimum Gasteiger partial charge on any atom is -0.495 e. The highest BCUT2D eigenvalue weighted by atomic mass is 16.5. The Balaban J connectivity index is 1.85. The predicted molar refractivity (Wildman–Crippen MR) is 98.9 cm³/mol. The molecule has 0 saturated carbocycles. The van der Waals surface area contributed by atoms with E-state index in [4.69, 9.17) is 4.74 Å². The molecule has 2 rings (SSSR count). The minimum absolute atomic E-state index is 0.105. The summed E-state index contributed by atoms with van der Waals surface area (Å²) in [6, 6.07) is 7.24. The lowest BCUT2D eigenvalue weighted by molar-refractivity contribution is -0.126. The molecular weight excluding hydrogens is 334 g/mol. The number of nitrogens with one attached hydrogen (secondary N) is 2. The van der Waals surface area contributed by atoms with E-state index in [9.17, 15) is 14.4 Å². The van der Waals surface area contributed by atoms with Crippen molar-refractivity contribution in [2.75, 3.05) is 31.6 Å². The maximum Gasteiger partial charge on any atom is 0.243 e. The van der Waals surface area contributed by atoms with Crippen LogP contribution in [-0.2, 0) is 14.4 Å². The highest BCUT2D eigenvalue weighted by Crippen LogP contribution is 2.32. The summed E-state index contributed by atoms with van der Waals surface area (Å²) in [4.78, 5) is 37.7. The first kappa shape index (κ1) is 19.5. The van der Waals surface area contributed by atoms with E-state index >= 15 is 0 Å². The molecule has 0 aliphatic carbocycles. The average Bonchev–Trinajstić information content (AvgIpc) is 2.99. The van der Waals surface area contributed by atoms with Crippen LogP contribution >= 0.6 is 0 Å². The number of allylic oxidation sites excluding steroid dienone is 1. The van der Waals surface area contributed by atoms with Crippen molar-refractivity contribution in [1.82, 2.24) is 10.6 Å². The van der Waals surface area contributed by atoms with Crippen LogP contribution in [0.3, 0.4) is 0 Å². The van der Waals surface area contributed by atoms with Crippen molar-refractivity contribution in [3.05, 3.63) is 35.9 Å². The number of rotatable bonds is 7. The van der Waals surface area contributed by atoms with E-state index in [0.717, 1.165) is 5.57 Å². The fourth-order valence-corrected chi connectivity index (χ4v) is 2.80. The number of hydrogen-bond acceptors (Lipinski definition) is 4. The van der Waals surface area contributed by atoms with Gasteiger partial charge in [0.25, 0.3) is 0 Å². The van der Waals surface area contributed by atoms with E-state index in [1.54, 1.807) is 24.1 Å². The van der Waals surface area contributed by atoms with Crippen LogP contribution in [0.25, 0.3) is 0 Å². The molecule has 0 aromatic heterocycles. The largest absolute Gasteiger partial charge is 0.495 e. The Morgan fingerprint density at radius 2 is 1.92 bits per heavy atom. The summed E-state index contributed by atoms with van der Waals surface area (Å²) in [5.41, 5.74) is 1.58. The van der Waals surface area contributed by atoms with Crippen molar-refractivity contribution in [1.29, 1.82) is 0 Å². The van der Waals surface area contributed by atoms with Crippen molar-refractivity contribution in [2.24, 2.45) is 5.92 Å². The van der Waals surface area contributed by atoms with Gasteiger partial charge in [-0.05, 0) is 26.0 Å². The Bertz CT molecular complexity index is 710. The van der Waals surface area contributed by atoms with Crippen LogP contribution in [0.15, 0.2) is 35.9 Å². The minimum atomic E-state index is -0.416. The normalized spacial score (nSPS) is 16.2. The van der Waals surface area contributed by atoms with Gasteiger partial charge in [-0.25, -0.2) is 0 Å². The molecular formula is C19H25N3O4. The van der Waals surface area contributed by atoms with Crippen LogP contribution in [0.5, 0.6) is 5.75 Å². The van der Waals surface area contributed by atoms with Gasteiger partial charge in [0.05, 0.1) is 18.7 Å². The monoisotopic (exact) mass is 359 g/mol. The van der Waals surface area contributed by atoms with Gasteiger partial charge in [0.1, 0.15) is 5.75 Å². The van der Waals surface area contributed by atoms with Gasteiger partial charge in [0.2, 0.25) is 17.7 Å². The molecule has 0 bridgehead atoms. The number of methoxy groups -OCH3 is 1. The maximum atomic E-state index is 12.3. The zero-order valence-electron chi connectivity index (χ0n) is 15.4. The molecule has 0 unspecified atom stereocenters. The molecule has 1 heterocycles. The smallest absolute Gasteiger partial charge is 0.243 e. The number of anilines is 1. The first-order valence-electron chi connectivity index (χ1n) is 8.56. The van der Waals surface area contributed by atoms with Crippen molar-refractivity contribution in [2.45, 2.75) is 20.3 Å². The number of carbonyl (C=O) groups is 3. The number of hydrogen-bond donors (Lipinski definition) is 2. The predicted octanol–water partition coefficient (Wildman–Crippen LogP) is 1.25. The average molecular weight is 359 g/mol. The second-order valence-corrected chi connectivity index (χ2v) is 6.38. The molecule has 26 heavy (non-hydrogen) atoms. The van der Waals surface area contributed by atoms with Gasteiger partial charge < -0.3 is 20.3 Å². The molecule has 3 amide bonds. The molecule has 1 aromatic carbocycles. The summed E-state index contributed by atoms with van der Waals surface area (Å²) in [6.45, 7) is 4.65. The Hall–Kier alpha value is -2.83. The molecule has 7 nitrogen and oxygen atoms in total. The van der Waals surface area contributed by atoms with E-state index in [2.05, 4.69) is 10.6 Å². The molecule has 1 atom stereocenters. The van der Waals surface area contributed by atoms with Crippen LogP contribution in [0.2, 0.25) is 0 Å². The third-order valence-electron chi connectivity index (χ3n) is 4.02. The molecule has 0 radical (unpaired) electrons. The zero-order chi connectivity index (χ0) is 19.1. The van der Waals surface area contributed by atoms with Gasteiger partial charge in [-0.15, -0.1) is 0 Å². The highest BCUT2D eigenvalue weighted by Gasteiger charge is 2.36. The van der Waals surface area contributed by atoms with Crippen molar-refractivity contribution >= 4 is 23.4 Å². The standard InChI is InChI=1S/C19H25N3O4/c1-13(2)10-17(23)20-8-9-21-19(25)14-11-18(24)22(12-14)15-6-4-5-7-16(15)26-3/h4-7,10,14H,8-9,11-12H2,1-3H3,(H,20,23)(H,21,25)/t14-/m0/s1. The van der Waals surface area contributed by atoms with Crippen LogP contribution in [0.1, 0.15) is 20.3 Å². The number of para-hydroxylation sites is 2. The molecule has 2 N–H and O–H groups in total. The molecule has 0 spiro atoms. The fraction of sp³-hybridized carbons (Fsp3) is 0.421. The van der Waals surface area contributed by atoms with E-state index in [1.165, 1.54) is 6.08 Å². The van der Waals surface area contributed by atoms with E-state index in [1.807, 2.05) is 26.0 Å². The van der Waals surface area contributed by atoms with Gasteiger partial charge in [-0.1, -0.05) is 17.7 Å². The quantitative estimate of drug-likeness (QED) is 0.566. The van der Waals surface area contributed by atoms with Crippen LogP contribution in [0.4, 0.5) is 5.69 Å². The van der Waals surface area contributed by atoms with E-state index < -0.39 is 5.92 Å². The van der Waals surface area contributed by atoms with E-state index in [-0.39, 0.29) is 24.1 Å². The molecule has 140 valence electrons. The third-order valence-corrected chi connectivity index (χ3v) is 4.02. The second kappa shape index (κ2) is 9.03. The molecule has 1 aliphatic heterocycles. The van der Waals surface area contributed by atoms with E-state index in [0.29, 0.717) is 31.1 Å². The van der Waals surface area contributed by atoms with Gasteiger partial charge in [0, 0.05) is 32.1 Å². The highest BCUT2D eigenvalue weighted by molar-refractivity contribution is 6.01. The summed E-state index contributed by atoms with van der Waals surface area (Å²) in [5.74, 6) is -0.291. The number of benzene rings is 1. The van der Waals surface area contributed by atoms with Crippen LogP contribution < -0.4 is 20.3 Å². The Morgan fingerprint density at radius 1 is 1.23 bits per heavy atom. The van der Waals surface area contributed by atoms with Gasteiger partial charge in [-0.2, -0.15) is 0 Å². The maximum absolute atomic E-state index is 12.3. The number of nitrogens with zero attached hydrogens (tertiary/aromatic N) is 1. The summed E-state index contributed by atoms with van der Waals surface area (Å²) >= 11 is 0. The number of amides is 3. The topological polar surface area (TPSA) is 87.7 Å². The molecule has 1 fully saturated rings. The summed E-state index contributed by atoms with van der Waals surface area (Å²) < 4.78 is 5.29. The first-order chi connectivity index (χ1) is 12.4. The van der Waals surface area contributed by atoms with Crippen LogP contribution in [0, 0.1) is 5.92 Å². The summed E-state index contributed by atoms with van der Waals surface area (Å²) in [5, 5.41) is 5.46. The summed E-state index contributed by atoms with van der Waals surface area (Å²) in [7, 11) is 1.55. The SMILES string of the molecule is COc1ccccc1N1C[C@@H](C(=O)NCCNC(=O)C=C(C)C)CC1=O. The van der Waals surface area contributed by atoms with Crippen LogP contribution in [-0.4, -0.2) is 44.5 Å². The molecule has 1 aromatic rings. The first-order valence-corrected chi connectivity index (χ1v) is 8.56. The molecule has 7 heteroatoms. The van der Waals surface area contributed by atoms with Gasteiger partial charge in [0.15, 0.2) is 0 Å². The van der Waals surface area contributed by atoms with Gasteiger partial charge in [-0.3, -0.25) is 14.4 Å². The lowest BCUT2D eigenvalue weighted by Crippen LogP contribution is -2.38. The molecule has 1 aliphatic rings. The Morgan fingerprint density at radius 3 is 2.62 bits per heavy atom. The zero-order valence-corrected chi connectivity index (χ0v) is 15.4. The lowest BCUT2D eigenvalue weighted by Gasteiger charge is -2.19. The third kappa shape index (κ3) is 5.08. The fourth-order valence-electron chi connectivity index (χ4n) is 2.80. The number of carbonyl (C=O) groups excluding carboxylic acids is 3. The second-order valence-electron chi connectivity index (χ2n) is 6.38. The van der Waals surface area contributed by atoms with Crippen molar-refractivity contribution in [3.8, 4) is 5.75 Å². The summed E-state index contributed by atoms with van der Waals surface area (Å²) in [6.07, 6.45) is 1.66. The van der Waals surface area contributed by atoms with Crippen molar-refractivity contribution < 1.29 is 19.1 Å². The lowest BCUT2D eigenvalue weighted by atomic mass is 10.1.